The van der Waals surface area contributed by atoms with Gasteiger partial charge in [-0.1, -0.05) is 19.4 Å². The number of nitrogens with zero attached hydrogens (tertiary/aromatic N) is 1. The summed E-state index contributed by atoms with van der Waals surface area (Å²) in [6.45, 7) is 2.89. The molecule has 0 aliphatic rings. The first-order valence-electron chi connectivity index (χ1n) is 5.02. The monoisotopic (exact) mass is 235 g/mol. The maximum Gasteiger partial charge on any atom is 0.331 e. The van der Waals surface area contributed by atoms with Crippen LogP contribution in [-0.4, -0.2) is 43.0 Å². The summed E-state index contributed by atoms with van der Waals surface area (Å²) in [6.07, 6.45) is 5.67. The molecule has 3 nitrogen and oxygen atoms in total. The van der Waals surface area contributed by atoms with E-state index in [0.29, 0.717) is 12.0 Å². The smallest absolute Gasteiger partial charge is 0.331 e. The lowest BCUT2D eigenvalue weighted by atomic mass is 10.1. The largest absolute Gasteiger partial charge is 0.478 e. The number of hydrogen-bond acceptors (Lipinski definition) is 2. The summed E-state index contributed by atoms with van der Waals surface area (Å²) in [5.41, 5.74) is 0.546. The van der Waals surface area contributed by atoms with E-state index in [2.05, 4.69) is 11.6 Å². The predicted molar refractivity (Wildman–Crippen MR) is 65.6 cm³/mol. The molecule has 15 heavy (non-hydrogen) atoms. The molecule has 1 N–H and O–H groups in total. The van der Waals surface area contributed by atoms with Gasteiger partial charge < -0.3 is 10.0 Å². The maximum absolute atomic E-state index is 10.7. The first-order valence-corrected chi connectivity index (χ1v) is 5.78. The van der Waals surface area contributed by atoms with Crippen molar-refractivity contribution in [3.05, 3.63) is 11.6 Å². The minimum atomic E-state index is -0.777. The molecule has 0 bridgehead atoms. The number of carboxylic acid groups (broad SMARTS) is 1. The van der Waals surface area contributed by atoms with Crippen LogP contribution in [-0.2, 0) is 4.79 Å². The number of alkyl halides is 1. The van der Waals surface area contributed by atoms with E-state index in [9.17, 15) is 4.79 Å². The van der Waals surface area contributed by atoms with Crippen molar-refractivity contribution in [1.82, 2.24) is 4.90 Å². The van der Waals surface area contributed by atoms with E-state index in [1.165, 1.54) is 6.38 Å². The van der Waals surface area contributed by atoms with Crippen LogP contribution in [0, 0.1) is 0 Å². The highest BCUT2D eigenvalue weighted by molar-refractivity contribution is 6.15. The molecule has 90 valence electrons. The van der Waals surface area contributed by atoms with Crippen molar-refractivity contribution in [3.63, 3.8) is 0 Å². The molecule has 0 saturated carbocycles. The Labute approximate surface area is 97.7 Å². The van der Waals surface area contributed by atoms with E-state index in [-0.39, 0.29) is 0 Å². The summed E-state index contributed by atoms with van der Waals surface area (Å²) in [6, 6.07) is 0. The van der Waals surface area contributed by atoms with Gasteiger partial charge in [-0.15, -0.1) is 11.6 Å². The molecule has 0 aromatic rings. The van der Waals surface area contributed by atoms with Crippen LogP contribution in [0.5, 0.6) is 0 Å². The van der Waals surface area contributed by atoms with Crippen molar-refractivity contribution in [2.24, 2.45) is 0 Å². The molecule has 0 aliphatic carbocycles. The zero-order valence-corrected chi connectivity index (χ0v) is 10.8. The first kappa shape index (κ1) is 16.9. The standard InChI is InChI=1S/C10H19NO2.CH3Cl/c1-4-6-9(10(12)13)7-5-8-11(2)3;1-2/h7H,4-6,8H2,1-3H3,(H,12,13);1H3. The average molecular weight is 236 g/mol. The Kier molecular flexibility index (Phi) is 13.0. The van der Waals surface area contributed by atoms with Crippen molar-refractivity contribution in [2.45, 2.75) is 26.2 Å². The van der Waals surface area contributed by atoms with Gasteiger partial charge in [0.2, 0.25) is 0 Å². The van der Waals surface area contributed by atoms with Gasteiger partial charge >= 0.3 is 5.97 Å². The van der Waals surface area contributed by atoms with Gasteiger partial charge in [-0.2, -0.15) is 0 Å². The Morgan fingerprint density at radius 1 is 1.40 bits per heavy atom. The summed E-state index contributed by atoms with van der Waals surface area (Å²) in [7, 11) is 3.96. The highest BCUT2D eigenvalue weighted by Gasteiger charge is 2.04. The molecule has 0 aromatic heterocycles. The fraction of sp³-hybridized carbons (Fsp3) is 0.727. The van der Waals surface area contributed by atoms with Crippen LogP contribution in [0.4, 0.5) is 0 Å². The van der Waals surface area contributed by atoms with E-state index < -0.39 is 5.97 Å². The maximum atomic E-state index is 10.7. The van der Waals surface area contributed by atoms with E-state index in [4.69, 9.17) is 5.11 Å². The van der Waals surface area contributed by atoms with Gasteiger partial charge in [0.1, 0.15) is 0 Å². The van der Waals surface area contributed by atoms with Crippen LogP contribution in [0.25, 0.3) is 0 Å². The number of halogens is 1. The molecule has 0 heterocycles. The molecule has 4 heteroatoms. The predicted octanol–water partition coefficient (Wildman–Crippen LogP) is 2.60. The topological polar surface area (TPSA) is 40.5 Å². The van der Waals surface area contributed by atoms with Crippen LogP contribution in [0.1, 0.15) is 26.2 Å². The molecule has 0 saturated heterocycles. The molecule has 0 radical (unpaired) electrons. The lowest BCUT2D eigenvalue weighted by molar-refractivity contribution is -0.132. The fourth-order valence-corrected chi connectivity index (χ4v) is 1.06. The van der Waals surface area contributed by atoms with Gasteiger partial charge in [0.25, 0.3) is 0 Å². The Morgan fingerprint density at radius 3 is 2.27 bits per heavy atom. The van der Waals surface area contributed by atoms with Crippen molar-refractivity contribution in [2.75, 3.05) is 27.0 Å². The summed E-state index contributed by atoms with van der Waals surface area (Å²) in [5.74, 6) is -0.777. The summed E-state index contributed by atoms with van der Waals surface area (Å²) >= 11 is 4.64. The second kappa shape index (κ2) is 11.5. The molecule has 0 unspecified atom stereocenters. The second-order valence-corrected chi connectivity index (χ2v) is 3.38. The Balaban J connectivity index is 0. The first-order chi connectivity index (χ1) is 7.07. The normalized spacial score (nSPS) is 10.9. The highest BCUT2D eigenvalue weighted by atomic mass is 35.5. The average Bonchev–Trinajstić information content (AvgIpc) is 2.19. The Hall–Kier alpha value is -0.540. The van der Waals surface area contributed by atoms with Crippen LogP contribution in [0.15, 0.2) is 11.6 Å². The lowest BCUT2D eigenvalue weighted by Gasteiger charge is -2.07. The molecule has 0 atom stereocenters. The fourth-order valence-electron chi connectivity index (χ4n) is 1.06. The van der Waals surface area contributed by atoms with Crippen molar-refractivity contribution in [3.8, 4) is 0 Å². The summed E-state index contributed by atoms with van der Waals surface area (Å²) in [4.78, 5) is 12.7. The van der Waals surface area contributed by atoms with E-state index in [0.717, 1.165) is 19.4 Å². The number of carbonyl (C=O) groups is 1. The van der Waals surface area contributed by atoms with Gasteiger partial charge in [-0.05, 0) is 26.9 Å². The molecular formula is C11H22ClNO2. The number of aliphatic carboxylic acids is 1. The second-order valence-electron chi connectivity index (χ2n) is 3.38. The van der Waals surface area contributed by atoms with Crippen LogP contribution in [0.2, 0.25) is 0 Å². The number of hydrogen-bond donors (Lipinski definition) is 1. The molecule has 0 fully saturated rings. The SMILES string of the molecule is CCCC(=CCCN(C)C)C(=O)O.CCl. The Morgan fingerprint density at radius 2 is 1.93 bits per heavy atom. The molecule has 0 rings (SSSR count). The van der Waals surface area contributed by atoms with Gasteiger partial charge in [0, 0.05) is 18.5 Å². The van der Waals surface area contributed by atoms with Gasteiger partial charge in [0.15, 0.2) is 0 Å². The Bertz CT molecular complexity index is 191. The third-order valence-corrected chi connectivity index (χ3v) is 1.76. The lowest BCUT2D eigenvalue weighted by Crippen LogP contribution is -2.12. The zero-order valence-electron chi connectivity index (χ0n) is 10.1. The third kappa shape index (κ3) is 11.4. The van der Waals surface area contributed by atoms with Gasteiger partial charge in [-0.25, -0.2) is 4.79 Å². The van der Waals surface area contributed by atoms with Crippen molar-refractivity contribution >= 4 is 17.6 Å². The number of rotatable bonds is 6. The molecular weight excluding hydrogens is 214 g/mol. The minimum absolute atomic E-state index is 0.546. The third-order valence-electron chi connectivity index (χ3n) is 1.76. The van der Waals surface area contributed by atoms with Crippen molar-refractivity contribution < 1.29 is 9.90 Å². The van der Waals surface area contributed by atoms with E-state index in [1.54, 1.807) is 0 Å². The zero-order chi connectivity index (χ0) is 12.3. The summed E-state index contributed by atoms with van der Waals surface area (Å²) in [5, 5.41) is 8.79. The molecule has 0 spiro atoms. The summed E-state index contributed by atoms with van der Waals surface area (Å²) < 4.78 is 0. The molecule has 0 amide bonds. The number of carboxylic acids is 1. The van der Waals surface area contributed by atoms with Gasteiger partial charge in [0.05, 0.1) is 0 Å². The van der Waals surface area contributed by atoms with E-state index in [1.807, 2.05) is 32.0 Å². The molecule has 0 aliphatic heterocycles. The molecule has 0 aromatic carbocycles. The minimum Gasteiger partial charge on any atom is -0.478 e. The van der Waals surface area contributed by atoms with Gasteiger partial charge in [-0.3, -0.25) is 0 Å². The van der Waals surface area contributed by atoms with Crippen LogP contribution < -0.4 is 0 Å². The van der Waals surface area contributed by atoms with Crippen LogP contribution >= 0.6 is 11.6 Å². The van der Waals surface area contributed by atoms with Crippen molar-refractivity contribution in [1.29, 1.82) is 0 Å². The quantitative estimate of drug-likeness (QED) is 0.568. The van der Waals surface area contributed by atoms with E-state index >= 15 is 0 Å². The van der Waals surface area contributed by atoms with Crippen LogP contribution in [0.3, 0.4) is 0 Å². The highest BCUT2D eigenvalue weighted by Crippen LogP contribution is 2.06.